The molecule has 1 amide bonds. The third-order valence-corrected chi connectivity index (χ3v) is 2.37. The van der Waals surface area contributed by atoms with E-state index in [0.29, 0.717) is 10.7 Å². The molecule has 1 rings (SSSR count). The van der Waals surface area contributed by atoms with Crippen LogP contribution in [0.5, 0.6) is 0 Å². The zero-order valence-corrected chi connectivity index (χ0v) is 9.85. The zero-order valence-electron chi connectivity index (χ0n) is 9.10. The van der Waals surface area contributed by atoms with Crippen LogP contribution < -0.4 is 5.32 Å². The van der Waals surface area contributed by atoms with E-state index in [1.165, 1.54) is 0 Å². The Balaban J connectivity index is 2.86. The average Bonchev–Trinajstić information content (AvgIpc) is 2.11. The van der Waals surface area contributed by atoms with Crippen LogP contribution in [-0.2, 0) is 4.79 Å². The van der Waals surface area contributed by atoms with Gasteiger partial charge in [-0.05, 0) is 32.4 Å². The van der Waals surface area contributed by atoms with Crippen LogP contribution in [0, 0.1) is 6.92 Å². The van der Waals surface area contributed by atoms with Crippen molar-refractivity contribution in [2.24, 2.45) is 0 Å². The maximum atomic E-state index is 11.4. The molecule has 0 aliphatic heterocycles. The molecule has 0 radical (unpaired) electrons. The van der Waals surface area contributed by atoms with Gasteiger partial charge in [-0.3, -0.25) is 4.79 Å². The summed E-state index contributed by atoms with van der Waals surface area (Å²) < 4.78 is 0. The van der Waals surface area contributed by atoms with Crippen molar-refractivity contribution in [2.45, 2.75) is 20.8 Å². The molecule has 0 fully saturated rings. The molecule has 0 unspecified atom stereocenters. The fourth-order valence-corrected chi connectivity index (χ4v) is 1.35. The van der Waals surface area contributed by atoms with Crippen LogP contribution in [-0.4, -0.2) is 5.91 Å². The lowest BCUT2D eigenvalue weighted by atomic mass is 10.2. The lowest BCUT2D eigenvalue weighted by molar-refractivity contribution is -0.111. The summed E-state index contributed by atoms with van der Waals surface area (Å²) >= 11 is 6.04. The van der Waals surface area contributed by atoms with E-state index in [2.05, 4.69) is 5.32 Å². The van der Waals surface area contributed by atoms with E-state index < -0.39 is 0 Å². The summed E-state index contributed by atoms with van der Waals surface area (Å²) in [7, 11) is 0. The maximum Gasteiger partial charge on any atom is 0.248 e. The molecule has 80 valence electrons. The summed E-state index contributed by atoms with van der Waals surface area (Å²) in [5, 5.41) is 3.33. The number of carbonyl (C=O) groups is 1. The molecule has 0 saturated carbocycles. The van der Waals surface area contributed by atoms with Crippen molar-refractivity contribution in [1.82, 2.24) is 0 Å². The number of halogens is 1. The lowest BCUT2D eigenvalue weighted by Gasteiger charge is -2.06. The van der Waals surface area contributed by atoms with Gasteiger partial charge in [-0.1, -0.05) is 29.3 Å². The number of aryl methyl sites for hydroxylation is 1. The number of rotatable bonds is 2. The van der Waals surface area contributed by atoms with Crippen LogP contribution in [0.25, 0.3) is 0 Å². The first-order valence-electron chi connectivity index (χ1n) is 4.71. The van der Waals surface area contributed by atoms with Crippen LogP contribution in [0.4, 0.5) is 5.69 Å². The Morgan fingerprint density at radius 2 is 2.07 bits per heavy atom. The highest BCUT2D eigenvalue weighted by Crippen LogP contribution is 2.24. The Bertz CT molecular complexity index is 406. The van der Waals surface area contributed by atoms with Crippen molar-refractivity contribution in [3.05, 3.63) is 40.4 Å². The molecule has 15 heavy (non-hydrogen) atoms. The van der Waals surface area contributed by atoms with Crippen LogP contribution in [0.1, 0.15) is 19.4 Å². The molecule has 0 aliphatic carbocycles. The van der Waals surface area contributed by atoms with E-state index in [1.807, 2.05) is 32.9 Å². The summed E-state index contributed by atoms with van der Waals surface area (Å²) in [6, 6.07) is 5.55. The number of amides is 1. The number of carbonyl (C=O) groups excluding carboxylic acids is 1. The van der Waals surface area contributed by atoms with E-state index in [9.17, 15) is 4.79 Å². The minimum absolute atomic E-state index is 0.150. The summed E-state index contributed by atoms with van der Waals surface area (Å²) in [6.45, 7) is 5.65. The quantitative estimate of drug-likeness (QED) is 0.764. The van der Waals surface area contributed by atoms with Gasteiger partial charge in [0.15, 0.2) is 0 Å². The molecule has 0 aromatic heterocycles. The molecule has 0 bridgehead atoms. The topological polar surface area (TPSA) is 29.1 Å². The number of hydrogen-bond acceptors (Lipinski definition) is 1. The maximum absolute atomic E-state index is 11.4. The van der Waals surface area contributed by atoms with Gasteiger partial charge in [-0.15, -0.1) is 0 Å². The Labute approximate surface area is 94.9 Å². The number of hydrogen-bond donors (Lipinski definition) is 1. The Morgan fingerprint density at radius 1 is 1.40 bits per heavy atom. The van der Waals surface area contributed by atoms with E-state index in [-0.39, 0.29) is 5.91 Å². The number of anilines is 1. The highest BCUT2D eigenvalue weighted by molar-refractivity contribution is 6.34. The molecule has 0 heterocycles. The molecule has 0 spiro atoms. The molecule has 0 saturated heterocycles. The molecular formula is C12H14ClNO. The van der Waals surface area contributed by atoms with Crippen molar-refractivity contribution >= 4 is 23.2 Å². The monoisotopic (exact) mass is 223 g/mol. The average molecular weight is 224 g/mol. The summed E-state index contributed by atoms with van der Waals surface area (Å²) in [5.74, 6) is -0.150. The van der Waals surface area contributed by atoms with Gasteiger partial charge >= 0.3 is 0 Å². The molecule has 1 aromatic rings. The lowest BCUT2D eigenvalue weighted by Crippen LogP contribution is -2.09. The molecule has 2 nitrogen and oxygen atoms in total. The van der Waals surface area contributed by atoms with Crippen molar-refractivity contribution in [3.63, 3.8) is 0 Å². The predicted molar refractivity (Wildman–Crippen MR) is 64.2 cm³/mol. The predicted octanol–water partition coefficient (Wildman–Crippen LogP) is 3.55. The van der Waals surface area contributed by atoms with Gasteiger partial charge in [-0.25, -0.2) is 0 Å². The van der Waals surface area contributed by atoms with Crippen molar-refractivity contribution < 1.29 is 4.79 Å². The van der Waals surface area contributed by atoms with Gasteiger partial charge in [0.25, 0.3) is 0 Å². The Morgan fingerprint density at radius 3 is 2.67 bits per heavy atom. The number of allylic oxidation sites excluding steroid dienone is 1. The van der Waals surface area contributed by atoms with Crippen molar-refractivity contribution in [1.29, 1.82) is 0 Å². The van der Waals surface area contributed by atoms with Crippen molar-refractivity contribution in [3.8, 4) is 0 Å². The Hall–Kier alpha value is -1.28. The first kappa shape index (κ1) is 11.8. The molecule has 3 heteroatoms. The molecule has 0 atom stereocenters. The largest absolute Gasteiger partial charge is 0.321 e. The van der Waals surface area contributed by atoms with E-state index in [4.69, 9.17) is 11.6 Å². The molecule has 0 aliphatic rings. The SMILES string of the molecule is CC(C)=CC(=O)Nc1cccc(C)c1Cl. The third kappa shape index (κ3) is 3.40. The first-order chi connectivity index (χ1) is 7.00. The molecule has 1 N–H and O–H groups in total. The molecule has 1 aromatic carbocycles. The summed E-state index contributed by atoms with van der Waals surface area (Å²) in [5.41, 5.74) is 2.56. The first-order valence-corrected chi connectivity index (χ1v) is 5.09. The third-order valence-electron chi connectivity index (χ3n) is 1.87. The Kier molecular flexibility index (Phi) is 3.92. The van der Waals surface area contributed by atoms with Crippen LogP contribution in [0.3, 0.4) is 0 Å². The van der Waals surface area contributed by atoms with Crippen LogP contribution >= 0.6 is 11.6 Å². The normalized spacial score (nSPS) is 9.60. The number of nitrogens with one attached hydrogen (secondary N) is 1. The van der Waals surface area contributed by atoms with Gasteiger partial charge in [0.2, 0.25) is 5.91 Å². The van der Waals surface area contributed by atoms with Crippen LogP contribution in [0.2, 0.25) is 5.02 Å². The number of benzene rings is 1. The highest BCUT2D eigenvalue weighted by Gasteiger charge is 2.04. The standard InChI is InChI=1S/C12H14ClNO/c1-8(2)7-11(15)14-10-6-4-5-9(3)12(10)13/h4-7H,1-3H3,(H,14,15). The highest BCUT2D eigenvalue weighted by atomic mass is 35.5. The van der Waals surface area contributed by atoms with Crippen molar-refractivity contribution in [2.75, 3.05) is 5.32 Å². The second kappa shape index (κ2) is 4.99. The van der Waals surface area contributed by atoms with E-state index in [1.54, 1.807) is 12.1 Å². The fraction of sp³-hybridized carbons (Fsp3) is 0.250. The van der Waals surface area contributed by atoms with Gasteiger partial charge < -0.3 is 5.32 Å². The van der Waals surface area contributed by atoms with E-state index >= 15 is 0 Å². The second-order valence-corrected chi connectivity index (χ2v) is 4.03. The minimum atomic E-state index is -0.150. The van der Waals surface area contributed by atoms with Gasteiger partial charge in [0, 0.05) is 6.08 Å². The second-order valence-electron chi connectivity index (χ2n) is 3.65. The van der Waals surface area contributed by atoms with Crippen LogP contribution in [0.15, 0.2) is 29.8 Å². The fourth-order valence-electron chi connectivity index (χ4n) is 1.17. The summed E-state index contributed by atoms with van der Waals surface area (Å²) in [6.07, 6.45) is 1.54. The van der Waals surface area contributed by atoms with Gasteiger partial charge in [0.05, 0.1) is 10.7 Å². The summed E-state index contributed by atoms with van der Waals surface area (Å²) in [4.78, 5) is 11.4. The van der Waals surface area contributed by atoms with Gasteiger partial charge in [-0.2, -0.15) is 0 Å². The minimum Gasteiger partial charge on any atom is -0.321 e. The van der Waals surface area contributed by atoms with Gasteiger partial charge in [0.1, 0.15) is 0 Å². The van der Waals surface area contributed by atoms with E-state index in [0.717, 1.165) is 11.1 Å². The smallest absolute Gasteiger partial charge is 0.248 e. The zero-order chi connectivity index (χ0) is 11.4. The molecular weight excluding hydrogens is 210 g/mol.